The molecule has 1 aliphatic heterocycles. The molecule has 0 radical (unpaired) electrons. The summed E-state index contributed by atoms with van der Waals surface area (Å²) >= 11 is 0. The zero-order chi connectivity index (χ0) is 5.11. The van der Waals surface area contributed by atoms with Crippen LogP contribution in [0, 0.1) is 0 Å². The first-order valence-electron chi connectivity index (χ1n) is 2.66. The van der Waals surface area contributed by atoms with Crippen LogP contribution in [-0.4, -0.2) is 19.0 Å². The number of rotatable bonds is 1. The van der Waals surface area contributed by atoms with Gasteiger partial charge in [0, 0.05) is 0 Å². The van der Waals surface area contributed by atoms with Crippen LogP contribution in [0.15, 0.2) is 0 Å². The summed E-state index contributed by atoms with van der Waals surface area (Å²) in [7, 11) is 0. The minimum atomic E-state index is 0. The van der Waals surface area contributed by atoms with E-state index in [4.69, 9.17) is 4.74 Å². The Morgan fingerprint density at radius 1 is 1.75 bits per heavy atom. The van der Waals surface area contributed by atoms with Crippen LogP contribution in [-0.2, 0) is 4.74 Å². The smallest absolute Gasteiger partial charge is 0.334 e. The van der Waals surface area contributed by atoms with Crippen LogP contribution in [0.1, 0.15) is 13.3 Å². The van der Waals surface area contributed by atoms with Gasteiger partial charge in [0.2, 0.25) is 0 Å². The van der Waals surface area contributed by atoms with Crippen molar-refractivity contribution in [1.82, 2.24) is 0 Å². The van der Waals surface area contributed by atoms with Crippen molar-refractivity contribution < 1.29 is 33.7 Å². The fourth-order valence-electron chi connectivity index (χ4n) is 0.643. The van der Waals surface area contributed by atoms with E-state index in [0.29, 0.717) is 0 Å². The second-order valence-electron chi connectivity index (χ2n) is 1.55. The lowest BCUT2D eigenvalue weighted by atomic mass is 10.5. The molecular weight excluding hydrogens is 217 g/mol. The van der Waals surface area contributed by atoms with Crippen LogP contribution >= 0.6 is 0 Å². The Hall–Kier alpha value is 0.200. The van der Waals surface area contributed by atoms with Gasteiger partial charge in [-0.05, 0) is 0 Å². The standard InChI is InChI=1S/C5H9NO.HI/c1-2-5-6-3-4-7-5;/h2-4H2,1H3;1H. The van der Waals surface area contributed by atoms with Gasteiger partial charge in [-0.15, -0.1) is 0 Å². The topological polar surface area (TPSA) is 23.2 Å². The molecule has 0 bridgehead atoms. The fourth-order valence-corrected chi connectivity index (χ4v) is 0.643. The molecule has 1 aliphatic rings. The van der Waals surface area contributed by atoms with Crippen LogP contribution in [0.4, 0.5) is 0 Å². The molecule has 0 aliphatic carbocycles. The highest BCUT2D eigenvalue weighted by Gasteiger charge is 2.09. The lowest BCUT2D eigenvalue weighted by molar-refractivity contribution is -0.446. The van der Waals surface area contributed by atoms with Crippen molar-refractivity contribution in [2.75, 3.05) is 13.2 Å². The normalized spacial score (nSPS) is 16.4. The summed E-state index contributed by atoms with van der Waals surface area (Å²) in [6.45, 7) is 3.92. The van der Waals surface area contributed by atoms with Crippen molar-refractivity contribution >= 4 is 5.90 Å². The first kappa shape index (κ1) is 8.20. The van der Waals surface area contributed by atoms with Crippen LogP contribution in [0.3, 0.4) is 0 Å². The largest absolute Gasteiger partial charge is 1.00 e. The first-order chi connectivity index (χ1) is 3.43. The maximum absolute atomic E-state index is 5.11. The van der Waals surface area contributed by atoms with E-state index in [1.165, 1.54) is 0 Å². The molecule has 0 atom stereocenters. The molecule has 1 heterocycles. The maximum Gasteiger partial charge on any atom is 0.334 e. The Kier molecular flexibility index (Phi) is 4.22. The minimum absolute atomic E-state index is 0. The molecular formula is C5H10INO. The van der Waals surface area contributed by atoms with Crippen LogP contribution in [0.25, 0.3) is 0 Å². The molecule has 0 saturated carbocycles. The quantitative estimate of drug-likeness (QED) is 0.452. The summed E-state index contributed by atoms with van der Waals surface area (Å²) in [6.07, 6.45) is 1.00. The number of halogens is 1. The van der Waals surface area contributed by atoms with E-state index >= 15 is 0 Å². The van der Waals surface area contributed by atoms with Crippen molar-refractivity contribution in [2.45, 2.75) is 13.3 Å². The molecule has 0 aromatic heterocycles. The highest BCUT2D eigenvalue weighted by molar-refractivity contribution is 5.69. The van der Waals surface area contributed by atoms with Gasteiger partial charge in [0.25, 0.3) is 0 Å². The van der Waals surface area contributed by atoms with Crippen LogP contribution in [0.2, 0.25) is 0 Å². The average molecular weight is 227 g/mol. The Labute approximate surface area is 66.3 Å². The molecule has 0 unspecified atom stereocenters. The summed E-state index contributed by atoms with van der Waals surface area (Å²) in [4.78, 5) is 3.10. The summed E-state index contributed by atoms with van der Waals surface area (Å²) < 4.78 is 5.11. The second-order valence-corrected chi connectivity index (χ2v) is 1.55. The summed E-state index contributed by atoms with van der Waals surface area (Å²) in [5, 5.41) is 0. The predicted molar refractivity (Wildman–Crippen MR) is 27.1 cm³/mol. The van der Waals surface area contributed by atoms with Crippen molar-refractivity contribution in [2.24, 2.45) is 0 Å². The van der Waals surface area contributed by atoms with E-state index in [2.05, 4.69) is 11.9 Å². The number of hydrogen-bond donors (Lipinski definition) is 1. The molecule has 0 aromatic rings. The van der Waals surface area contributed by atoms with Gasteiger partial charge >= 0.3 is 5.90 Å². The van der Waals surface area contributed by atoms with E-state index in [0.717, 1.165) is 25.5 Å². The molecule has 0 aromatic carbocycles. The third-order valence-corrected chi connectivity index (χ3v) is 1.02. The van der Waals surface area contributed by atoms with Crippen molar-refractivity contribution in [1.29, 1.82) is 0 Å². The van der Waals surface area contributed by atoms with Crippen LogP contribution in [0.5, 0.6) is 0 Å². The highest BCUT2D eigenvalue weighted by atomic mass is 127. The minimum Gasteiger partial charge on any atom is -1.00 e. The lowest BCUT2D eigenvalue weighted by Crippen LogP contribution is -3.00. The Morgan fingerprint density at radius 2 is 2.50 bits per heavy atom. The molecule has 3 heteroatoms. The zero-order valence-corrected chi connectivity index (χ0v) is 7.07. The molecule has 0 amide bonds. The third kappa shape index (κ3) is 1.98. The van der Waals surface area contributed by atoms with Crippen molar-refractivity contribution in [3.8, 4) is 0 Å². The van der Waals surface area contributed by atoms with Gasteiger partial charge in [-0.3, -0.25) is 0 Å². The van der Waals surface area contributed by atoms with Gasteiger partial charge in [0.1, 0.15) is 0 Å². The molecule has 8 heavy (non-hydrogen) atoms. The Bertz CT molecular complexity index is 92.4. The molecule has 0 fully saturated rings. The number of nitrogens with one attached hydrogen (secondary N) is 1. The van der Waals surface area contributed by atoms with E-state index in [1.807, 2.05) is 0 Å². The van der Waals surface area contributed by atoms with Gasteiger partial charge in [0.05, 0.1) is 6.42 Å². The van der Waals surface area contributed by atoms with E-state index in [9.17, 15) is 0 Å². The molecule has 0 saturated heterocycles. The summed E-state index contributed by atoms with van der Waals surface area (Å²) in [6, 6.07) is 0. The number of ether oxygens (including phenoxy) is 1. The molecule has 1 rings (SSSR count). The van der Waals surface area contributed by atoms with E-state index in [-0.39, 0.29) is 24.0 Å². The Morgan fingerprint density at radius 3 is 2.75 bits per heavy atom. The van der Waals surface area contributed by atoms with Gasteiger partial charge in [-0.2, -0.15) is 0 Å². The van der Waals surface area contributed by atoms with Gasteiger partial charge < -0.3 is 28.7 Å². The third-order valence-electron chi connectivity index (χ3n) is 1.02. The first-order valence-corrected chi connectivity index (χ1v) is 2.66. The predicted octanol–water partition coefficient (Wildman–Crippen LogP) is -4.09. The highest BCUT2D eigenvalue weighted by Crippen LogP contribution is 1.81. The average Bonchev–Trinajstić information content (AvgIpc) is 2.14. The zero-order valence-electron chi connectivity index (χ0n) is 4.91. The van der Waals surface area contributed by atoms with Gasteiger partial charge in [-0.25, -0.2) is 4.99 Å². The fraction of sp³-hybridized carbons (Fsp3) is 0.800. The van der Waals surface area contributed by atoms with E-state index < -0.39 is 0 Å². The maximum atomic E-state index is 5.11. The van der Waals surface area contributed by atoms with E-state index in [1.54, 1.807) is 0 Å². The second kappa shape index (κ2) is 4.12. The Balaban J connectivity index is 0.000000490. The monoisotopic (exact) mass is 227 g/mol. The van der Waals surface area contributed by atoms with Gasteiger partial charge in [0.15, 0.2) is 13.2 Å². The summed E-state index contributed by atoms with van der Waals surface area (Å²) in [5.74, 6) is 1.04. The van der Waals surface area contributed by atoms with Crippen LogP contribution < -0.4 is 29.0 Å². The van der Waals surface area contributed by atoms with Crippen molar-refractivity contribution in [3.63, 3.8) is 0 Å². The van der Waals surface area contributed by atoms with Gasteiger partial charge in [-0.1, -0.05) is 6.92 Å². The van der Waals surface area contributed by atoms with Crippen molar-refractivity contribution in [3.05, 3.63) is 0 Å². The number of hydrogen-bond acceptors (Lipinski definition) is 1. The molecule has 48 valence electrons. The molecule has 2 nitrogen and oxygen atoms in total. The lowest BCUT2D eigenvalue weighted by Gasteiger charge is -1.84. The molecule has 1 N–H and O–H groups in total. The SMILES string of the molecule is CCC1=[NH+]CCO1.[I-]. The summed E-state index contributed by atoms with van der Waals surface area (Å²) in [5.41, 5.74) is 0. The molecule has 0 spiro atoms.